The molecule has 0 radical (unpaired) electrons. The summed E-state index contributed by atoms with van der Waals surface area (Å²) in [6, 6.07) is 3.91. The lowest BCUT2D eigenvalue weighted by Crippen LogP contribution is -2.41. The predicted octanol–water partition coefficient (Wildman–Crippen LogP) is 3.41. The molecule has 0 saturated carbocycles. The van der Waals surface area contributed by atoms with Crippen molar-refractivity contribution < 1.29 is 18.8 Å². The Balaban J connectivity index is 1.79. The molecule has 0 bridgehead atoms. The zero-order valence-electron chi connectivity index (χ0n) is 18.0. The van der Waals surface area contributed by atoms with Crippen LogP contribution < -0.4 is 5.46 Å². The summed E-state index contributed by atoms with van der Waals surface area (Å²) in [4.78, 5) is 18.6. The monoisotopic (exact) mass is 386 g/mol. The normalized spacial score (nSPS) is 21.5. The van der Waals surface area contributed by atoms with Crippen LogP contribution in [0.3, 0.4) is 0 Å². The predicted molar refractivity (Wildman–Crippen MR) is 110 cm³/mol. The van der Waals surface area contributed by atoms with Crippen LogP contribution in [0.4, 0.5) is 4.79 Å². The van der Waals surface area contributed by atoms with Gasteiger partial charge in [0.05, 0.1) is 16.9 Å². The van der Waals surface area contributed by atoms with Gasteiger partial charge in [0.15, 0.2) is 0 Å². The first-order chi connectivity index (χ1) is 12.9. The lowest BCUT2D eigenvalue weighted by molar-refractivity contribution is 0.00578. The molecule has 0 atom stereocenters. The highest BCUT2D eigenvalue weighted by molar-refractivity contribution is 6.63. The van der Waals surface area contributed by atoms with Crippen LogP contribution in [0.5, 0.6) is 0 Å². The smallest absolute Gasteiger partial charge is 0.444 e. The van der Waals surface area contributed by atoms with Crippen molar-refractivity contribution in [2.75, 3.05) is 13.1 Å². The molecule has 1 amide bonds. The fourth-order valence-electron chi connectivity index (χ4n) is 3.22. The maximum Gasteiger partial charge on any atom is 0.497 e. The van der Waals surface area contributed by atoms with Crippen molar-refractivity contribution in [1.29, 1.82) is 0 Å². The Kier molecular flexibility index (Phi) is 5.36. The Morgan fingerprint density at radius 2 is 1.86 bits per heavy atom. The fourth-order valence-corrected chi connectivity index (χ4v) is 3.22. The van der Waals surface area contributed by atoms with Gasteiger partial charge in [-0.15, -0.1) is 0 Å². The third-order valence-corrected chi connectivity index (χ3v) is 5.51. The molecule has 1 saturated heterocycles. The van der Waals surface area contributed by atoms with Crippen molar-refractivity contribution in [3.63, 3.8) is 0 Å². The summed E-state index contributed by atoms with van der Waals surface area (Å²) in [7, 11) is -0.460. The second-order valence-corrected chi connectivity index (χ2v) is 9.44. The van der Waals surface area contributed by atoms with Gasteiger partial charge in [-0.2, -0.15) is 0 Å². The molecule has 2 aliphatic heterocycles. The van der Waals surface area contributed by atoms with Crippen LogP contribution in [0, 0.1) is 0 Å². The van der Waals surface area contributed by atoms with Gasteiger partial charge in [0.2, 0.25) is 0 Å². The molecule has 0 spiro atoms. The van der Waals surface area contributed by atoms with Gasteiger partial charge in [-0.05, 0) is 66.5 Å². The first-order valence-electron chi connectivity index (χ1n) is 9.87. The molecule has 152 valence electrons. The number of ether oxygens (including phenoxy) is 1. The van der Waals surface area contributed by atoms with E-state index in [0.29, 0.717) is 19.5 Å². The van der Waals surface area contributed by atoms with Crippen LogP contribution in [-0.4, -0.2) is 53.0 Å². The highest BCUT2D eigenvalue weighted by atomic mass is 16.7. The summed E-state index contributed by atoms with van der Waals surface area (Å²) < 4.78 is 17.9. The van der Waals surface area contributed by atoms with E-state index < -0.39 is 23.9 Å². The van der Waals surface area contributed by atoms with E-state index in [9.17, 15) is 4.79 Å². The maximum atomic E-state index is 12.3. The van der Waals surface area contributed by atoms with Crippen molar-refractivity contribution in [3.05, 3.63) is 30.1 Å². The van der Waals surface area contributed by atoms with Crippen molar-refractivity contribution >= 4 is 24.2 Å². The molecule has 3 rings (SSSR count). The average Bonchev–Trinajstić information content (AvgIpc) is 2.81. The number of aromatic nitrogens is 1. The Hall–Kier alpha value is -1.86. The SMILES string of the molecule is CC(C)(C)OC(=O)N1CC=C(c2ncccc2B2OC(C)(C)C(C)(C)O2)CC1. The summed E-state index contributed by atoms with van der Waals surface area (Å²) in [6.07, 6.45) is 4.26. The van der Waals surface area contributed by atoms with E-state index in [1.807, 2.05) is 66.7 Å². The third kappa shape index (κ3) is 4.25. The summed E-state index contributed by atoms with van der Waals surface area (Å²) >= 11 is 0. The van der Waals surface area contributed by atoms with Crippen LogP contribution in [0.25, 0.3) is 5.57 Å². The number of hydrogen-bond acceptors (Lipinski definition) is 5. The van der Waals surface area contributed by atoms with Gasteiger partial charge in [0.1, 0.15) is 5.60 Å². The standard InChI is InChI=1S/C21H31BN2O4/c1-19(2,3)26-18(25)24-13-10-15(11-14-24)17-16(9-8-12-23-17)22-27-20(4,5)21(6,7)28-22/h8-10,12H,11,13-14H2,1-7H3. The average molecular weight is 386 g/mol. The van der Waals surface area contributed by atoms with Gasteiger partial charge >= 0.3 is 13.2 Å². The number of pyridine rings is 1. The fraction of sp³-hybridized carbons (Fsp3) is 0.619. The third-order valence-electron chi connectivity index (χ3n) is 5.51. The van der Waals surface area contributed by atoms with Gasteiger partial charge in [-0.3, -0.25) is 4.98 Å². The van der Waals surface area contributed by atoms with Gasteiger partial charge < -0.3 is 18.9 Å². The summed E-state index contributed by atoms with van der Waals surface area (Å²) in [6.45, 7) is 14.9. The van der Waals surface area contributed by atoms with Crippen molar-refractivity contribution in [1.82, 2.24) is 9.88 Å². The molecular formula is C21H31BN2O4. The van der Waals surface area contributed by atoms with Gasteiger partial charge in [0, 0.05) is 24.7 Å². The van der Waals surface area contributed by atoms with E-state index in [1.54, 1.807) is 11.1 Å². The minimum absolute atomic E-state index is 0.282. The Labute approximate surface area is 168 Å². The zero-order valence-corrected chi connectivity index (χ0v) is 18.0. The topological polar surface area (TPSA) is 60.9 Å². The van der Waals surface area contributed by atoms with E-state index in [1.165, 1.54) is 0 Å². The molecule has 1 fully saturated rings. The molecule has 3 heterocycles. The number of amides is 1. The number of carbonyl (C=O) groups is 1. The summed E-state index contributed by atoms with van der Waals surface area (Å²) in [5, 5.41) is 0. The molecule has 1 aromatic rings. The van der Waals surface area contributed by atoms with Crippen molar-refractivity contribution in [2.45, 2.75) is 71.7 Å². The van der Waals surface area contributed by atoms with Gasteiger partial charge in [0.25, 0.3) is 0 Å². The summed E-state index contributed by atoms with van der Waals surface area (Å²) in [5.74, 6) is 0. The molecular weight excluding hydrogens is 355 g/mol. The van der Waals surface area contributed by atoms with Crippen LogP contribution in [-0.2, 0) is 14.0 Å². The highest BCUT2D eigenvalue weighted by Gasteiger charge is 2.52. The Morgan fingerprint density at radius 1 is 1.21 bits per heavy atom. The van der Waals surface area contributed by atoms with E-state index in [-0.39, 0.29) is 6.09 Å². The molecule has 0 N–H and O–H groups in total. The van der Waals surface area contributed by atoms with E-state index >= 15 is 0 Å². The Bertz CT molecular complexity index is 767. The minimum atomic E-state index is -0.494. The quantitative estimate of drug-likeness (QED) is 0.729. The molecule has 0 unspecified atom stereocenters. The largest absolute Gasteiger partial charge is 0.497 e. The molecule has 0 aliphatic carbocycles. The summed E-state index contributed by atoms with van der Waals surface area (Å²) in [5.41, 5.74) is 1.61. The van der Waals surface area contributed by atoms with Crippen LogP contribution in [0.2, 0.25) is 0 Å². The molecule has 1 aromatic heterocycles. The molecule has 2 aliphatic rings. The van der Waals surface area contributed by atoms with E-state index in [2.05, 4.69) is 4.98 Å². The molecule has 28 heavy (non-hydrogen) atoms. The van der Waals surface area contributed by atoms with E-state index in [4.69, 9.17) is 14.0 Å². The first kappa shape index (κ1) is 20.9. The van der Waals surface area contributed by atoms with Crippen LogP contribution in [0.1, 0.15) is 60.6 Å². The van der Waals surface area contributed by atoms with Crippen molar-refractivity contribution in [3.8, 4) is 0 Å². The number of rotatable bonds is 2. The number of hydrogen-bond donors (Lipinski definition) is 0. The van der Waals surface area contributed by atoms with Crippen molar-refractivity contribution in [2.24, 2.45) is 0 Å². The number of nitrogens with zero attached hydrogens (tertiary/aromatic N) is 2. The number of carbonyl (C=O) groups excluding carboxylic acids is 1. The van der Waals surface area contributed by atoms with Gasteiger partial charge in [-0.25, -0.2) is 4.79 Å². The molecule has 0 aromatic carbocycles. The Morgan fingerprint density at radius 3 is 2.39 bits per heavy atom. The first-order valence-corrected chi connectivity index (χ1v) is 9.87. The molecule has 7 heteroatoms. The molecule has 6 nitrogen and oxygen atoms in total. The highest BCUT2D eigenvalue weighted by Crippen LogP contribution is 2.37. The maximum absolute atomic E-state index is 12.3. The second-order valence-electron chi connectivity index (χ2n) is 9.44. The van der Waals surface area contributed by atoms with Gasteiger partial charge in [-0.1, -0.05) is 12.1 Å². The lowest BCUT2D eigenvalue weighted by Gasteiger charge is -2.32. The zero-order chi connectivity index (χ0) is 20.7. The minimum Gasteiger partial charge on any atom is -0.444 e. The van der Waals surface area contributed by atoms with Crippen LogP contribution in [0.15, 0.2) is 24.4 Å². The van der Waals surface area contributed by atoms with E-state index in [0.717, 1.165) is 16.7 Å². The lowest BCUT2D eigenvalue weighted by atomic mass is 9.76. The van der Waals surface area contributed by atoms with Crippen LogP contribution >= 0.6 is 0 Å². The second kappa shape index (κ2) is 7.19.